The maximum atomic E-state index is 6.96. The minimum atomic E-state index is -0.426. The maximum Gasteiger partial charge on any atom is 0.119 e. The zero-order chi connectivity index (χ0) is 54.8. The summed E-state index contributed by atoms with van der Waals surface area (Å²) in [6.45, 7) is 2.95. The van der Waals surface area contributed by atoms with E-state index in [1.807, 2.05) is 0 Å². The number of ether oxygens (including phenoxy) is 2. The van der Waals surface area contributed by atoms with Crippen LogP contribution < -0.4 is 9.47 Å². The van der Waals surface area contributed by atoms with Gasteiger partial charge in [-0.1, -0.05) is 48.5 Å². The number of rotatable bonds is 0. The van der Waals surface area contributed by atoms with E-state index in [1.54, 1.807) is 303 Å². The number of benzene rings is 19. The van der Waals surface area contributed by atoms with Crippen molar-refractivity contribution in [3.63, 3.8) is 0 Å². The van der Waals surface area contributed by atoms with Gasteiger partial charge in [0, 0.05) is 25.2 Å². The van der Waals surface area contributed by atoms with Crippen LogP contribution in [0.3, 0.4) is 0 Å². The van der Waals surface area contributed by atoms with Crippen LogP contribution in [0.25, 0.3) is 259 Å². The van der Waals surface area contributed by atoms with E-state index in [0.29, 0.717) is 13.2 Å². The molecule has 8 aliphatic carbocycles. The van der Waals surface area contributed by atoms with Crippen molar-refractivity contribution in [2.24, 2.45) is 0 Å². The number of hydrogen-bond acceptors (Lipinski definition) is 4. The zero-order valence-corrected chi connectivity index (χ0v) is 47.6. The lowest BCUT2D eigenvalue weighted by Crippen LogP contribution is -2.52. The number of nitrogens with zero attached hydrogens (tertiary/aromatic N) is 2. The van der Waals surface area contributed by atoms with Crippen molar-refractivity contribution in [1.29, 1.82) is 0 Å². The SMILES string of the molecule is CN1CC23c4c5c6c7c8c9c%10c%11c%12c%13c%14c%15c%16c%17c%18c%19c9c6c6c%18c9c%17c%17c%15c%15c%18c%14c%14c%12c%12c%11c8c(c8c%11c2c2c4c4c(c56)c9c5c4c4c2c2c%11c(c8%12)c%14c%18c2c4c%15c%175)C73[C@@H]1c1ccc(cc1)OCc1ccccc1COc1ccc(cc1)[C@H]1N(C)CC%13%16C%10%191. The largest absolute Gasteiger partial charge is 0.489 e. The molecule has 0 radical (unpaired) electrons. The van der Waals surface area contributed by atoms with E-state index in [1.165, 1.54) is 22.3 Å². The summed E-state index contributed by atoms with van der Waals surface area (Å²) >= 11 is 0. The topological polar surface area (TPSA) is 24.9 Å². The molecule has 0 saturated carbocycles. The van der Waals surface area contributed by atoms with Gasteiger partial charge in [0.05, 0.1) is 21.7 Å². The van der Waals surface area contributed by atoms with Gasteiger partial charge in [0.15, 0.2) is 0 Å². The van der Waals surface area contributed by atoms with Crippen molar-refractivity contribution in [1.82, 2.24) is 9.80 Å². The minimum Gasteiger partial charge on any atom is -0.489 e. The fourth-order valence-electron chi connectivity index (χ4n) is 31.3. The molecule has 6 aliphatic heterocycles. The molecule has 0 amide bonds. The molecule has 90 heavy (non-hydrogen) atoms. The van der Waals surface area contributed by atoms with E-state index >= 15 is 0 Å². The molecule has 394 valence electrons. The Balaban J connectivity index is 0.943. The highest BCUT2D eigenvalue weighted by molar-refractivity contribution is 6.78. The van der Waals surface area contributed by atoms with E-state index in [2.05, 4.69) is 96.7 Å². The van der Waals surface area contributed by atoms with Crippen LogP contribution in [0.15, 0.2) is 72.8 Å². The molecule has 2 saturated heterocycles. The first-order valence-electron chi connectivity index (χ1n) is 33.6. The Morgan fingerprint density at radius 3 is 0.700 bits per heavy atom. The van der Waals surface area contributed by atoms with Crippen molar-refractivity contribution in [3.8, 4) is 11.5 Å². The van der Waals surface area contributed by atoms with E-state index in [9.17, 15) is 0 Å². The first kappa shape index (κ1) is 37.0. The van der Waals surface area contributed by atoms with Crippen molar-refractivity contribution in [2.75, 3.05) is 27.2 Å². The van der Waals surface area contributed by atoms with Crippen LogP contribution >= 0.6 is 0 Å². The second-order valence-corrected chi connectivity index (χ2v) is 32.5. The van der Waals surface area contributed by atoms with Crippen molar-refractivity contribution < 1.29 is 9.47 Å². The van der Waals surface area contributed by atoms with Gasteiger partial charge in [-0.2, -0.15) is 0 Å². The van der Waals surface area contributed by atoms with Crippen LogP contribution in [0.2, 0.25) is 0 Å². The standard InChI is InChI=1S/C86H28N2O2/c1-87-17-83-73-57-45-33-25-26-30-27-31-39-47(35(27)33)59(57)75(83)63-51(39)43-54-42(31)50-38(30)46-34(26)36-28-29(25)37(45)49-41-32(28)40-48(36)60-58(46)74-62(50)66(54)78-70-55(43)67(63)79-71-69-56-44-52(40)64-68(56)80(72(70)71)86(78)82(88(2)18-84(74,86)76(60)64)20-9-13-24(14-10-20)90-16-22-6-4-3-5-21(22)15-89-23-11-7-19(8-12-23)81(87)85(79,83)77(69)65(53(41)44)61(49)73/h3-14,81-82H,15-18H2,1-2H3/t81-,82+,83?,84?,85?,86?. The fraction of sp³-hybridized carbons (Fsp3) is 0.140. The highest BCUT2D eigenvalue weighted by Gasteiger charge is 2.80. The summed E-state index contributed by atoms with van der Waals surface area (Å²) in [4.78, 5) is 5.92. The van der Waals surface area contributed by atoms with Gasteiger partial charge >= 0.3 is 0 Å². The van der Waals surface area contributed by atoms with Crippen LogP contribution in [0.4, 0.5) is 0 Å². The Bertz CT molecular complexity index is 8100. The Hall–Kier alpha value is -10.1. The summed E-state index contributed by atoms with van der Waals surface area (Å²) in [5.74, 6) is 1.85. The molecule has 14 aliphatic rings. The summed E-state index contributed by atoms with van der Waals surface area (Å²) in [7, 11) is 5.17. The molecule has 4 nitrogen and oxygen atoms in total. The molecule has 4 unspecified atom stereocenters. The second kappa shape index (κ2) is 9.06. The van der Waals surface area contributed by atoms with Crippen LogP contribution in [0.5, 0.6) is 11.5 Å². The molecule has 4 spiro atoms. The predicted octanol–water partition coefficient (Wildman–Crippen LogP) is 19.7. The van der Waals surface area contributed by atoms with Crippen LogP contribution in [-0.4, -0.2) is 37.0 Å². The summed E-state index contributed by atoms with van der Waals surface area (Å²) in [6, 6.07) is 28.5. The lowest BCUT2D eigenvalue weighted by atomic mass is 9.47. The number of hydrogen-bond donors (Lipinski definition) is 0. The van der Waals surface area contributed by atoms with Gasteiger partial charge in [-0.15, -0.1) is 0 Å². The number of likely N-dealkylation sites (tertiary alicyclic amines) is 2. The van der Waals surface area contributed by atoms with Gasteiger partial charge in [0.2, 0.25) is 0 Å². The molecule has 41 rings (SSSR count). The summed E-state index contributed by atoms with van der Waals surface area (Å²) < 4.78 is 13.9. The third-order valence-electron chi connectivity index (χ3n) is 31.6. The Morgan fingerprint density at radius 1 is 0.256 bits per heavy atom. The van der Waals surface area contributed by atoms with Gasteiger partial charge in [0.1, 0.15) is 24.7 Å². The average molecular weight is 1120 g/mol. The van der Waals surface area contributed by atoms with Gasteiger partial charge in [-0.3, -0.25) is 9.80 Å². The Kier molecular flexibility index (Phi) is 3.73. The smallest absolute Gasteiger partial charge is 0.119 e. The molecule has 6 heterocycles. The predicted molar refractivity (Wildman–Crippen MR) is 366 cm³/mol. The summed E-state index contributed by atoms with van der Waals surface area (Å²) in [5.41, 5.74) is 17.7. The summed E-state index contributed by atoms with van der Waals surface area (Å²) in [6.07, 6.45) is 0. The molecule has 10 bridgehead atoms. The van der Waals surface area contributed by atoms with Gasteiger partial charge < -0.3 is 9.47 Å². The van der Waals surface area contributed by atoms with Crippen molar-refractivity contribution >= 4 is 259 Å². The van der Waals surface area contributed by atoms with Crippen molar-refractivity contribution in [2.45, 2.75) is 47.0 Å². The molecule has 0 N–H and O–H groups in total. The second-order valence-electron chi connectivity index (χ2n) is 32.5. The van der Waals surface area contributed by atoms with E-state index in [4.69, 9.17) is 9.47 Å². The van der Waals surface area contributed by atoms with Crippen LogP contribution in [-0.2, 0) is 34.9 Å². The summed E-state index contributed by atoms with van der Waals surface area (Å²) in [5, 5.41) is 80.0. The average Bonchev–Trinajstić information content (AvgIpc) is 1.37. The monoisotopic (exact) mass is 1120 g/mol. The fourth-order valence-corrected chi connectivity index (χ4v) is 31.3. The molecule has 6 atom stereocenters. The molecule has 4 heteroatoms. The maximum absolute atomic E-state index is 6.96. The van der Waals surface area contributed by atoms with E-state index < -0.39 is 10.8 Å². The third-order valence-corrected chi connectivity index (χ3v) is 31.6. The third kappa shape index (κ3) is 2.23. The minimum absolute atomic E-state index is 0.0596. The van der Waals surface area contributed by atoms with Crippen LogP contribution in [0.1, 0.15) is 78.8 Å². The lowest BCUT2D eigenvalue weighted by Gasteiger charge is -2.52. The Labute approximate surface area is 500 Å². The normalized spacial score (nSPS) is 27.1. The number of likely N-dealkylation sites (N-methyl/N-ethyl adjacent to an activating group) is 2. The molecule has 27 aromatic carbocycles. The van der Waals surface area contributed by atoms with Gasteiger partial charge in [-0.25, -0.2) is 0 Å². The lowest BCUT2D eigenvalue weighted by molar-refractivity contribution is 0.269. The molecular formula is C86H28N2O2. The molecule has 0 aromatic heterocycles. The molecule has 27 aromatic rings. The first-order chi connectivity index (χ1) is 44.6. The molecule has 2 fully saturated rings. The molecular weight excluding hydrogens is 1090 g/mol. The zero-order valence-electron chi connectivity index (χ0n) is 47.6. The first-order valence-corrected chi connectivity index (χ1v) is 33.6. The quantitative estimate of drug-likeness (QED) is 0.141. The van der Waals surface area contributed by atoms with E-state index in [0.717, 1.165) is 24.6 Å². The highest BCUT2D eigenvalue weighted by Crippen LogP contribution is 2.90. The van der Waals surface area contributed by atoms with Gasteiger partial charge in [-0.05, 0) is 364 Å². The van der Waals surface area contributed by atoms with Crippen molar-refractivity contribution in [3.05, 3.63) is 140 Å². The van der Waals surface area contributed by atoms with Crippen LogP contribution in [0, 0.1) is 0 Å². The Morgan fingerprint density at radius 2 is 0.456 bits per heavy atom. The van der Waals surface area contributed by atoms with Gasteiger partial charge in [0.25, 0.3) is 0 Å². The van der Waals surface area contributed by atoms with E-state index in [-0.39, 0.29) is 22.9 Å². The highest BCUT2D eigenvalue weighted by atomic mass is 16.5.